The van der Waals surface area contributed by atoms with Crippen LogP contribution in [0.1, 0.15) is 17.5 Å². The second-order valence-electron chi connectivity index (χ2n) is 6.81. The summed E-state index contributed by atoms with van der Waals surface area (Å²) in [6.45, 7) is 3.05. The first kappa shape index (κ1) is 15.9. The van der Waals surface area contributed by atoms with Crippen molar-refractivity contribution in [1.29, 1.82) is 0 Å². The number of nitrogens with one attached hydrogen (secondary N) is 2. The van der Waals surface area contributed by atoms with Gasteiger partial charge in [-0.25, -0.2) is 0 Å². The van der Waals surface area contributed by atoms with Gasteiger partial charge in [0.1, 0.15) is 6.17 Å². The fourth-order valence-corrected chi connectivity index (χ4v) is 3.71. The molecule has 1 amide bonds. The van der Waals surface area contributed by atoms with Crippen molar-refractivity contribution in [3.05, 3.63) is 78.0 Å². The number of likely N-dealkylation sites (tertiary alicyclic amines) is 1. The van der Waals surface area contributed by atoms with E-state index in [1.54, 1.807) is 0 Å². The third-order valence-corrected chi connectivity index (χ3v) is 5.05. The molecule has 2 aromatic carbocycles. The van der Waals surface area contributed by atoms with Crippen LogP contribution in [0.15, 0.2) is 66.9 Å². The highest BCUT2D eigenvalue weighted by molar-refractivity contribution is 6.20. The maximum Gasteiger partial charge on any atom is 0.254 e. The summed E-state index contributed by atoms with van der Waals surface area (Å²) in [5.41, 5.74) is 2.99. The Morgan fingerprint density at radius 3 is 2.44 bits per heavy atom. The van der Waals surface area contributed by atoms with Crippen LogP contribution in [0.4, 0.5) is 0 Å². The van der Waals surface area contributed by atoms with Gasteiger partial charge in [-0.05, 0) is 24.1 Å². The number of nitrogens with zero attached hydrogens (tertiary/aromatic N) is 1. The van der Waals surface area contributed by atoms with Crippen LogP contribution in [0.2, 0.25) is 0 Å². The van der Waals surface area contributed by atoms with Crippen molar-refractivity contribution >= 4 is 11.5 Å². The molecule has 0 aliphatic carbocycles. The first-order valence-electron chi connectivity index (χ1n) is 8.88. The summed E-state index contributed by atoms with van der Waals surface area (Å²) in [6.07, 6.45) is 2.98. The van der Waals surface area contributed by atoms with Gasteiger partial charge in [0.2, 0.25) is 0 Å². The zero-order chi connectivity index (χ0) is 17.1. The first-order valence-corrected chi connectivity index (χ1v) is 8.88. The number of hydrogen-bond acceptors (Lipinski definition) is 3. The van der Waals surface area contributed by atoms with E-state index in [1.807, 2.05) is 36.5 Å². The zero-order valence-corrected chi connectivity index (χ0v) is 14.2. The number of benzene rings is 2. The highest BCUT2D eigenvalue weighted by Crippen LogP contribution is 2.24. The molecule has 25 heavy (non-hydrogen) atoms. The summed E-state index contributed by atoms with van der Waals surface area (Å²) in [7, 11) is 0. The van der Waals surface area contributed by atoms with Crippen molar-refractivity contribution in [2.45, 2.75) is 19.1 Å². The number of carbonyl (C=O) groups is 1. The molecule has 2 atom stereocenters. The average molecular weight is 333 g/mol. The van der Waals surface area contributed by atoms with Crippen LogP contribution in [0, 0.1) is 5.92 Å². The van der Waals surface area contributed by atoms with Gasteiger partial charge >= 0.3 is 0 Å². The lowest BCUT2D eigenvalue weighted by Crippen LogP contribution is -2.52. The molecule has 1 saturated heterocycles. The van der Waals surface area contributed by atoms with Crippen LogP contribution in [0.5, 0.6) is 0 Å². The van der Waals surface area contributed by atoms with Crippen LogP contribution < -0.4 is 10.6 Å². The van der Waals surface area contributed by atoms with E-state index in [4.69, 9.17) is 0 Å². The summed E-state index contributed by atoms with van der Waals surface area (Å²) in [6, 6.07) is 20.3. The van der Waals surface area contributed by atoms with Gasteiger partial charge < -0.3 is 10.6 Å². The molecule has 2 aliphatic heterocycles. The van der Waals surface area contributed by atoms with E-state index >= 15 is 0 Å². The highest BCUT2D eigenvalue weighted by Gasteiger charge is 2.32. The molecule has 0 radical (unpaired) electrons. The molecular formula is C21H23N3O. The lowest BCUT2D eigenvalue weighted by molar-refractivity contribution is -0.117. The van der Waals surface area contributed by atoms with Crippen LogP contribution in [0.25, 0.3) is 5.57 Å². The standard InChI is InChI=1S/C21H23N3O/c25-21-19(17-9-5-2-6-10-17)13-22-20(23-21)18-11-12-24(15-18)14-16-7-3-1-4-8-16/h1-10,13,18,20,22H,11-12,14-15H2,(H,23,25). The number of carbonyl (C=O) groups excluding carboxylic acids is 1. The Morgan fingerprint density at radius 1 is 1.00 bits per heavy atom. The van der Waals surface area contributed by atoms with Crippen LogP contribution in [0.3, 0.4) is 0 Å². The van der Waals surface area contributed by atoms with Gasteiger partial charge in [0.05, 0.1) is 5.57 Å². The highest BCUT2D eigenvalue weighted by atomic mass is 16.2. The Kier molecular flexibility index (Phi) is 4.53. The Bertz CT molecular complexity index is 757. The molecule has 4 nitrogen and oxygen atoms in total. The third-order valence-electron chi connectivity index (χ3n) is 5.05. The minimum Gasteiger partial charge on any atom is -0.370 e. The summed E-state index contributed by atoms with van der Waals surface area (Å²) < 4.78 is 0. The number of amides is 1. The molecular weight excluding hydrogens is 310 g/mol. The van der Waals surface area contributed by atoms with Gasteiger partial charge in [-0.2, -0.15) is 0 Å². The summed E-state index contributed by atoms with van der Waals surface area (Å²) in [5, 5.41) is 6.55. The predicted molar refractivity (Wildman–Crippen MR) is 99.3 cm³/mol. The first-order chi connectivity index (χ1) is 12.3. The molecule has 2 N–H and O–H groups in total. The van der Waals surface area contributed by atoms with E-state index in [0.717, 1.165) is 31.6 Å². The fraction of sp³-hybridized carbons (Fsp3) is 0.286. The van der Waals surface area contributed by atoms with E-state index in [9.17, 15) is 4.79 Å². The molecule has 0 bridgehead atoms. The van der Waals surface area contributed by atoms with Gasteiger partial charge in [-0.1, -0.05) is 60.7 Å². The Morgan fingerprint density at radius 2 is 1.72 bits per heavy atom. The molecule has 2 aliphatic rings. The average Bonchev–Trinajstić information content (AvgIpc) is 3.12. The van der Waals surface area contributed by atoms with Crippen molar-refractivity contribution in [1.82, 2.24) is 15.5 Å². The molecule has 1 fully saturated rings. The number of hydrogen-bond donors (Lipinski definition) is 2. The van der Waals surface area contributed by atoms with E-state index in [2.05, 4.69) is 45.9 Å². The van der Waals surface area contributed by atoms with Crippen molar-refractivity contribution in [2.24, 2.45) is 5.92 Å². The third kappa shape index (κ3) is 3.59. The molecule has 4 rings (SSSR count). The Hall–Kier alpha value is -2.59. The van der Waals surface area contributed by atoms with Crippen molar-refractivity contribution < 1.29 is 4.79 Å². The van der Waals surface area contributed by atoms with Crippen LogP contribution in [-0.4, -0.2) is 30.1 Å². The second kappa shape index (κ2) is 7.11. The smallest absolute Gasteiger partial charge is 0.254 e. The van der Waals surface area contributed by atoms with Crippen LogP contribution >= 0.6 is 0 Å². The molecule has 2 aromatic rings. The molecule has 2 heterocycles. The predicted octanol–water partition coefficient (Wildman–Crippen LogP) is 2.60. The lowest BCUT2D eigenvalue weighted by atomic mass is 10.0. The van der Waals surface area contributed by atoms with E-state index in [0.29, 0.717) is 11.5 Å². The van der Waals surface area contributed by atoms with Gasteiger partial charge in [-0.3, -0.25) is 9.69 Å². The van der Waals surface area contributed by atoms with Gasteiger partial charge in [0.15, 0.2) is 0 Å². The zero-order valence-electron chi connectivity index (χ0n) is 14.2. The topological polar surface area (TPSA) is 44.4 Å². The summed E-state index contributed by atoms with van der Waals surface area (Å²) >= 11 is 0. The van der Waals surface area contributed by atoms with E-state index < -0.39 is 0 Å². The quantitative estimate of drug-likeness (QED) is 0.904. The van der Waals surface area contributed by atoms with Crippen molar-refractivity contribution in [3.8, 4) is 0 Å². The summed E-state index contributed by atoms with van der Waals surface area (Å²) in [5.74, 6) is 0.442. The fourth-order valence-electron chi connectivity index (χ4n) is 3.71. The largest absolute Gasteiger partial charge is 0.370 e. The minimum absolute atomic E-state index is 0.0106. The molecule has 2 unspecified atom stereocenters. The number of rotatable bonds is 4. The molecule has 0 aromatic heterocycles. The molecule has 128 valence electrons. The maximum atomic E-state index is 12.5. The van der Waals surface area contributed by atoms with Crippen LogP contribution in [-0.2, 0) is 11.3 Å². The van der Waals surface area contributed by atoms with E-state index in [-0.39, 0.29) is 12.1 Å². The molecule has 0 spiro atoms. The summed E-state index contributed by atoms with van der Waals surface area (Å²) in [4.78, 5) is 15.0. The van der Waals surface area contributed by atoms with Crippen molar-refractivity contribution in [2.75, 3.05) is 13.1 Å². The van der Waals surface area contributed by atoms with Crippen molar-refractivity contribution in [3.63, 3.8) is 0 Å². The molecule has 0 saturated carbocycles. The van der Waals surface area contributed by atoms with Gasteiger partial charge in [0.25, 0.3) is 5.91 Å². The van der Waals surface area contributed by atoms with E-state index in [1.165, 1.54) is 5.56 Å². The Balaban J connectivity index is 1.38. The lowest BCUT2D eigenvalue weighted by Gasteiger charge is -2.30. The monoisotopic (exact) mass is 333 g/mol. The van der Waals surface area contributed by atoms with Gasteiger partial charge in [0, 0.05) is 25.2 Å². The Labute approximate surface area is 148 Å². The second-order valence-corrected chi connectivity index (χ2v) is 6.81. The SMILES string of the molecule is O=C1NC(C2CCN(Cc3ccccc3)C2)NC=C1c1ccccc1. The molecule has 4 heteroatoms. The minimum atomic E-state index is 0.0106. The normalized spacial score (nSPS) is 23.7. The maximum absolute atomic E-state index is 12.5. The van der Waals surface area contributed by atoms with Gasteiger partial charge in [-0.15, -0.1) is 0 Å².